The van der Waals surface area contributed by atoms with E-state index in [1.165, 1.54) is 6.07 Å². The van der Waals surface area contributed by atoms with Gasteiger partial charge in [-0.15, -0.1) is 0 Å². The molecule has 3 N–H and O–H groups in total. The first-order valence-corrected chi connectivity index (χ1v) is 9.80. The summed E-state index contributed by atoms with van der Waals surface area (Å²) in [5, 5.41) is 19.5. The number of carbonyl (C=O) groups excluding carboxylic acids is 1. The van der Waals surface area contributed by atoms with Gasteiger partial charge in [-0.2, -0.15) is 13.2 Å². The van der Waals surface area contributed by atoms with Crippen LogP contribution in [0, 0.1) is 0 Å². The molecule has 2 aromatic carbocycles. The summed E-state index contributed by atoms with van der Waals surface area (Å²) >= 11 is 0. The fourth-order valence-electron chi connectivity index (χ4n) is 2.65. The molecule has 0 bridgehead atoms. The van der Waals surface area contributed by atoms with Crippen LogP contribution < -0.4 is 10.2 Å². The predicted octanol–water partition coefficient (Wildman–Crippen LogP) is 4.90. The van der Waals surface area contributed by atoms with Crippen LogP contribution in [-0.2, 0) is 4.79 Å². The summed E-state index contributed by atoms with van der Waals surface area (Å²) in [6.45, 7) is 5.65. The van der Waals surface area contributed by atoms with Crippen LogP contribution in [0.25, 0.3) is 0 Å². The standard InChI is InChI=1S/C20H24N2O3.C2HF3O2/c1-3-5-13-22(4-2)18-12-11-16(14-17(18)20(24)25)21-19(23)15-9-7-6-8-10-15;3-2(4,5)1(6)7/h6-12,14H,3-5,13H2,1-2H3,(H,21,23)(H,24,25);(H,6,7). The van der Waals surface area contributed by atoms with Crippen molar-refractivity contribution in [3.8, 4) is 0 Å². The number of benzene rings is 2. The van der Waals surface area contributed by atoms with Crippen LogP contribution >= 0.6 is 0 Å². The SMILES string of the molecule is CCCCN(CC)c1ccc(NC(=O)c2ccccc2)cc1C(=O)O.O=C(O)C(F)(F)F. The van der Waals surface area contributed by atoms with Crippen molar-refractivity contribution in [2.45, 2.75) is 32.9 Å². The molecule has 0 fully saturated rings. The second kappa shape index (κ2) is 12.3. The molecule has 0 saturated carbocycles. The van der Waals surface area contributed by atoms with Gasteiger partial charge < -0.3 is 20.4 Å². The van der Waals surface area contributed by atoms with Gasteiger partial charge in [0.15, 0.2) is 0 Å². The van der Waals surface area contributed by atoms with Crippen molar-refractivity contribution in [2.75, 3.05) is 23.3 Å². The molecule has 7 nitrogen and oxygen atoms in total. The van der Waals surface area contributed by atoms with E-state index in [9.17, 15) is 27.9 Å². The lowest BCUT2D eigenvalue weighted by atomic mass is 10.1. The molecule has 0 spiro atoms. The summed E-state index contributed by atoms with van der Waals surface area (Å²) in [4.78, 5) is 34.9. The van der Waals surface area contributed by atoms with Crippen LogP contribution in [0.2, 0.25) is 0 Å². The normalized spacial score (nSPS) is 10.5. The highest BCUT2D eigenvalue weighted by Gasteiger charge is 2.38. The molecule has 0 unspecified atom stereocenters. The molecule has 2 rings (SSSR count). The number of unbranched alkanes of at least 4 members (excludes halogenated alkanes) is 1. The van der Waals surface area contributed by atoms with Gasteiger partial charge in [0, 0.05) is 24.3 Å². The van der Waals surface area contributed by atoms with Crippen LogP contribution in [0.3, 0.4) is 0 Å². The molecule has 0 aliphatic heterocycles. The molecule has 0 atom stereocenters. The van der Waals surface area contributed by atoms with Crippen LogP contribution in [0.5, 0.6) is 0 Å². The number of nitrogens with one attached hydrogen (secondary N) is 1. The number of carboxylic acids is 2. The Balaban J connectivity index is 0.000000633. The van der Waals surface area contributed by atoms with Gasteiger partial charge in [0.2, 0.25) is 0 Å². The molecule has 0 heterocycles. The monoisotopic (exact) mass is 454 g/mol. The molecule has 0 aliphatic rings. The van der Waals surface area contributed by atoms with Crippen molar-refractivity contribution in [1.82, 2.24) is 0 Å². The van der Waals surface area contributed by atoms with Crippen molar-refractivity contribution in [3.05, 3.63) is 59.7 Å². The fourth-order valence-corrected chi connectivity index (χ4v) is 2.65. The number of halogens is 3. The molecule has 0 radical (unpaired) electrons. The number of rotatable bonds is 8. The van der Waals surface area contributed by atoms with Gasteiger partial charge in [-0.05, 0) is 43.7 Å². The van der Waals surface area contributed by atoms with E-state index in [-0.39, 0.29) is 11.5 Å². The predicted molar refractivity (Wildman–Crippen MR) is 114 cm³/mol. The molecule has 0 saturated heterocycles. The number of aromatic carboxylic acids is 1. The Labute approximate surface area is 183 Å². The Morgan fingerprint density at radius 3 is 2.06 bits per heavy atom. The molecule has 10 heteroatoms. The molecular weight excluding hydrogens is 429 g/mol. The molecule has 0 aliphatic carbocycles. The van der Waals surface area contributed by atoms with Crippen molar-refractivity contribution < 1.29 is 37.8 Å². The summed E-state index contributed by atoms with van der Waals surface area (Å²) in [5.41, 5.74) is 1.88. The zero-order valence-corrected chi connectivity index (χ0v) is 17.6. The fraction of sp³-hybridized carbons (Fsp3) is 0.318. The number of anilines is 2. The first-order valence-electron chi connectivity index (χ1n) is 9.80. The summed E-state index contributed by atoms with van der Waals surface area (Å²) in [7, 11) is 0. The smallest absolute Gasteiger partial charge is 0.478 e. The number of amides is 1. The minimum atomic E-state index is -5.08. The van der Waals surface area contributed by atoms with E-state index in [1.54, 1.807) is 36.4 Å². The topological polar surface area (TPSA) is 107 Å². The summed E-state index contributed by atoms with van der Waals surface area (Å²) in [5.74, 6) is -4.02. The van der Waals surface area contributed by atoms with Crippen LogP contribution in [0.15, 0.2) is 48.5 Å². The maximum atomic E-state index is 12.2. The van der Waals surface area contributed by atoms with Gasteiger partial charge >= 0.3 is 18.1 Å². The van der Waals surface area contributed by atoms with Crippen molar-refractivity contribution in [1.29, 1.82) is 0 Å². The largest absolute Gasteiger partial charge is 0.490 e. The highest BCUT2D eigenvalue weighted by Crippen LogP contribution is 2.25. The maximum Gasteiger partial charge on any atom is 0.490 e. The third-order valence-electron chi connectivity index (χ3n) is 4.27. The Bertz CT molecular complexity index is 918. The molecule has 2 aromatic rings. The molecule has 0 aromatic heterocycles. The van der Waals surface area contributed by atoms with E-state index in [0.29, 0.717) is 16.9 Å². The van der Waals surface area contributed by atoms with Gasteiger partial charge in [-0.1, -0.05) is 31.5 Å². The number of carbonyl (C=O) groups is 3. The van der Waals surface area contributed by atoms with E-state index in [2.05, 4.69) is 17.1 Å². The Hall–Kier alpha value is -3.56. The first kappa shape index (κ1) is 26.5. The van der Waals surface area contributed by atoms with Crippen LogP contribution in [-0.4, -0.2) is 47.3 Å². The zero-order chi connectivity index (χ0) is 24.3. The molecule has 1 amide bonds. The first-order chi connectivity index (χ1) is 15.0. The van der Waals surface area contributed by atoms with Gasteiger partial charge in [-0.3, -0.25) is 4.79 Å². The lowest BCUT2D eigenvalue weighted by Gasteiger charge is -2.25. The van der Waals surface area contributed by atoms with Crippen molar-refractivity contribution >= 4 is 29.2 Å². The van der Waals surface area contributed by atoms with E-state index < -0.39 is 18.1 Å². The zero-order valence-electron chi connectivity index (χ0n) is 17.6. The van der Waals surface area contributed by atoms with Crippen molar-refractivity contribution in [3.63, 3.8) is 0 Å². The number of carboxylic acid groups (broad SMARTS) is 2. The van der Waals surface area contributed by atoms with E-state index in [4.69, 9.17) is 9.90 Å². The third kappa shape index (κ3) is 8.29. The Morgan fingerprint density at radius 1 is 1.00 bits per heavy atom. The number of aliphatic carboxylic acids is 1. The lowest BCUT2D eigenvalue weighted by Crippen LogP contribution is -2.26. The van der Waals surface area contributed by atoms with Gasteiger partial charge in [-0.25, -0.2) is 9.59 Å². The van der Waals surface area contributed by atoms with Crippen molar-refractivity contribution in [2.24, 2.45) is 0 Å². The number of alkyl halides is 3. The summed E-state index contributed by atoms with van der Waals surface area (Å²) < 4.78 is 31.7. The van der Waals surface area contributed by atoms with Gasteiger partial charge in [0.1, 0.15) is 0 Å². The second-order valence-electron chi connectivity index (χ2n) is 6.59. The number of hydrogen-bond acceptors (Lipinski definition) is 4. The van der Waals surface area contributed by atoms with E-state index in [1.807, 2.05) is 13.0 Å². The maximum absolute atomic E-state index is 12.2. The van der Waals surface area contributed by atoms with Crippen LogP contribution in [0.4, 0.5) is 24.5 Å². The summed E-state index contributed by atoms with van der Waals surface area (Å²) in [6, 6.07) is 13.9. The van der Waals surface area contributed by atoms with Gasteiger partial charge in [0.25, 0.3) is 5.91 Å². The molecule has 174 valence electrons. The van der Waals surface area contributed by atoms with E-state index >= 15 is 0 Å². The number of hydrogen-bond donors (Lipinski definition) is 3. The molecule has 32 heavy (non-hydrogen) atoms. The Kier molecular flexibility index (Phi) is 10.2. The minimum absolute atomic E-state index is 0.198. The minimum Gasteiger partial charge on any atom is -0.478 e. The Morgan fingerprint density at radius 2 is 1.59 bits per heavy atom. The second-order valence-corrected chi connectivity index (χ2v) is 6.59. The lowest BCUT2D eigenvalue weighted by molar-refractivity contribution is -0.192. The highest BCUT2D eigenvalue weighted by atomic mass is 19.4. The summed E-state index contributed by atoms with van der Waals surface area (Å²) in [6.07, 6.45) is -3.04. The highest BCUT2D eigenvalue weighted by molar-refractivity contribution is 6.05. The third-order valence-corrected chi connectivity index (χ3v) is 4.27. The van der Waals surface area contributed by atoms with E-state index in [0.717, 1.165) is 25.9 Å². The average Bonchev–Trinajstić information content (AvgIpc) is 2.75. The number of nitrogens with zero attached hydrogens (tertiary/aromatic N) is 1. The average molecular weight is 454 g/mol. The molecular formula is C22H25F3N2O5. The van der Waals surface area contributed by atoms with Gasteiger partial charge in [0.05, 0.1) is 11.3 Å². The van der Waals surface area contributed by atoms with Crippen LogP contribution in [0.1, 0.15) is 47.4 Å². The quantitative estimate of drug-likeness (QED) is 0.524.